The van der Waals surface area contributed by atoms with Crippen molar-refractivity contribution in [2.45, 2.75) is 13.3 Å². The zero-order chi connectivity index (χ0) is 12.1. The Kier molecular flexibility index (Phi) is 3.61. The van der Waals surface area contributed by atoms with Gasteiger partial charge in [-0.1, -0.05) is 55.5 Å². The van der Waals surface area contributed by atoms with Crippen molar-refractivity contribution in [2.24, 2.45) is 0 Å². The van der Waals surface area contributed by atoms with E-state index in [9.17, 15) is 5.11 Å². The number of phenolic OH excluding ortho intramolecular Hbond substituents is 1. The van der Waals surface area contributed by atoms with Crippen molar-refractivity contribution in [1.82, 2.24) is 0 Å². The molecule has 17 heavy (non-hydrogen) atoms. The molecule has 0 spiro atoms. The Morgan fingerprint density at radius 3 is 1.76 bits per heavy atom. The molecule has 86 valence electrons. The highest BCUT2D eigenvalue weighted by atomic mass is 16.3. The molecule has 0 saturated heterocycles. The van der Waals surface area contributed by atoms with E-state index in [4.69, 9.17) is 0 Å². The predicted octanol–water partition coefficient (Wildman–Crippen LogP) is 4.13. The van der Waals surface area contributed by atoms with Crippen LogP contribution in [0.4, 0.5) is 0 Å². The fourth-order valence-corrected chi connectivity index (χ4v) is 1.64. The molecular formula is C16H16O. The normalized spacial score (nSPS) is 10.9. The first-order valence-corrected chi connectivity index (χ1v) is 5.84. The Labute approximate surface area is 102 Å². The monoisotopic (exact) mass is 224 g/mol. The van der Waals surface area contributed by atoms with Crippen molar-refractivity contribution < 1.29 is 5.11 Å². The van der Waals surface area contributed by atoms with Crippen molar-refractivity contribution >= 4 is 12.2 Å². The second kappa shape index (κ2) is 5.35. The summed E-state index contributed by atoms with van der Waals surface area (Å²) in [6.07, 6.45) is 5.19. The summed E-state index contributed by atoms with van der Waals surface area (Å²) in [5, 5.41) is 9.18. The molecule has 0 atom stereocenters. The van der Waals surface area contributed by atoms with Crippen molar-refractivity contribution in [2.75, 3.05) is 0 Å². The maximum absolute atomic E-state index is 9.18. The minimum absolute atomic E-state index is 0.300. The van der Waals surface area contributed by atoms with Gasteiger partial charge in [-0.3, -0.25) is 0 Å². The standard InChI is InChI=1S/C16H16O/c1-2-13-3-5-14(6-4-13)7-8-15-9-11-16(17)12-10-15/h3-12,17H,2H2,1H3/b8-7+. The molecule has 0 radical (unpaired) electrons. The number of benzene rings is 2. The second-order valence-electron chi connectivity index (χ2n) is 4.02. The zero-order valence-corrected chi connectivity index (χ0v) is 9.93. The first-order chi connectivity index (χ1) is 8.28. The van der Waals surface area contributed by atoms with Crippen LogP contribution in [0, 0.1) is 0 Å². The predicted molar refractivity (Wildman–Crippen MR) is 72.9 cm³/mol. The van der Waals surface area contributed by atoms with E-state index in [1.165, 1.54) is 11.1 Å². The van der Waals surface area contributed by atoms with E-state index < -0.39 is 0 Å². The van der Waals surface area contributed by atoms with Gasteiger partial charge in [-0.2, -0.15) is 0 Å². The smallest absolute Gasteiger partial charge is 0.115 e. The molecule has 0 aromatic heterocycles. The molecule has 0 bridgehead atoms. The van der Waals surface area contributed by atoms with Crippen LogP contribution in [0.25, 0.3) is 12.2 Å². The van der Waals surface area contributed by atoms with Gasteiger partial charge < -0.3 is 5.11 Å². The van der Waals surface area contributed by atoms with Gasteiger partial charge in [-0.15, -0.1) is 0 Å². The van der Waals surface area contributed by atoms with Gasteiger partial charge in [-0.25, -0.2) is 0 Å². The van der Waals surface area contributed by atoms with Crippen LogP contribution in [0.2, 0.25) is 0 Å². The molecule has 1 heteroatoms. The number of hydrogen-bond acceptors (Lipinski definition) is 1. The van der Waals surface area contributed by atoms with Crippen LogP contribution >= 0.6 is 0 Å². The highest BCUT2D eigenvalue weighted by molar-refractivity contribution is 5.69. The number of phenols is 1. The van der Waals surface area contributed by atoms with Crippen LogP contribution in [0.5, 0.6) is 5.75 Å². The summed E-state index contributed by atoms with van der Waals surface area (Å²) >= 11 is 0. The average Bonchev–Trinajstić information content (AvgIpc) is 2.39. The van der Waals surface area contributed by atoms with Gasteiger partial charge >= 0.3 is 0 Å². The minimum atomic E-state index is 0.300. The lowest BCUT2D eigenvalue weighted by atomic mass is 10.1. The van der Waals surface area contributed by atoms with Crippen LogP contribution in [-0.2, 0) is 6.42 Å². The maximum Gasteiger partial charge on any atom is 0.115 e. The summed E-state index contributed by atoms with van der Waals surface area (Å²) in [4.78, 5) is 0. The lowest BCUT2D eigenvalue weighted by Crippen LogP contribution is -1.79. The SMILES string of the molecule is CCc1ccc(/C=C/c2ccc(O)cc2)cc1. The van der Waals surface area contributed by atoms with Gasteiger partial charge in [-0.05, 0) is 35.2 Å². The van der Waals surface area contributed by atoms with E-state index in [1.807, 2.05) is 18.2 Å². The minimum Gasteiger partial charge on any atom is -0.508 e. The van der Waals surface area contributed by atoms with E-state index >= 15 is 0 Å². The Balaban J connectivity index is 2.11. The molecule has 2 aromatic rings. The Bertz CT molecular complexity index is 492. The van der Waals surface area contributed by atoms with E-state index in [-0.39, 0.29) is 0 Å². The molecule has 0 amide bonds. The molecule has 2 aromatic carbocycles. The van der Waals surface area contributed by atoms with Crippen LogP contribution < -0.4 is 0 Å². The molecule has 0 unspecified atom stereocenters. The molecule has 0 heterocycles. The third-order valence-corrected chi connectivity index (χ3v) is 2.75. The molecule has 0 aliphatic rings. The third-order valence-electron chi connectivity index (χ3n) is 2.75. The van der Waals surface area contributed by atoms with E-state index in [2.05, 4.69) is 37.3 Å². The molecule has 0 saturated carbocycles. The maximum atomic E-state index is 9.18. The van der Waals surface area contributed by atoms with Gasteiger partial charge in [0.15, 0.2) is 0 Å². The molecule has 0 aliphatic heterocycles. The number of aromatic hydroxyl groups is 1. The first-order valence-electron chi connectivity index (χ1n) is 5.84. The lowest BCUT2D eigenvalue weighted by Gasteiger charge is -1.98. The van der Waals surface area contributed by atoms with Crippen molar-refractivity contribution in [1.29, 1.82) is 0 Å². The highest BCUT2D eigenvalue weighted by Crippen LogP contribution is 2.13. The topological polar surface area (TPSA) is 20.2 Å². The van der Waals surface area contributed by atoms with Crippen LogP contribution in [0.15, 0.2) is 48.5 Å². The van der Waals surface area contributed by atoms with E-state index in [0.717, 1.165) is 12.0 Å². The van der Waals surface area contributed by atoms with E-state index in [1.54, 1.807) is 12.1 Å². The Morgan fingerprint density at radius 1 is 0.824 bits per heavy atom. The van der Waals surface area contributed by atoms with Gasteiger partial charge in [0, 0.05) is 0 Å². The molecule has 0 fully saturated rings. The number of hydrogen-bond donors (Lipinski definition) is 1. The molecule has 1 N–H and O–H groups in total. The fraction of sp³-hybridized carbons (Fsp3) is 0.125. The average molecular weight is 224 g/mol. The van der Waals surface area contributed by atoms with Gasteiger partial charge in [0.2, 0.25) is 0 Å². The van der Waals surface area contributed by atoms with E-state index in [0.29, 0.717) is 5.75 Å². The zero-order valence-electron chi connectivity index (χ0n) is 9.93. The van der Waals surface area contributed by atoms with Crippen molar-refractivity contribution in [3.8, 4) is 5.75 Å². The highest BCUT2D eigenvalue weighted by Gasteiger charge is 1.90. The van der Waals surface area contributed by atoms with Crippen LogP contribution in [0.1, 0.15) is 23.6 Å². The lowest BCUT2D eigenvalue weighted by molar-refractivity contribution is 0.475. The first kappa shape index (κ1) is 11.5. The summed E-state index contributed by atoms with van der Waals surface area (Å²) in [6.45, 7) is 2.15. The molecular weight excluding hydrogens is 208 g/mol. The van der Waals surface area contributed by atoms with Gasteiger partial charge in [0.05, 0.1) is 0 Å². The van der Waals surface area contributed by atoms with Crippen molar-refractivity contribution in [3.05, 3.63) is 65.2 Å². The van der Waals surface area contributed by atoms with Gasteiger partial charge in [0.25, 0.3) is 0 Å². The molecule has 1 nitrogen and oxygen atoms in total. The summed E-state index contributed by atoms with van der Waals surface area (Å²) in [5.41, 5.74) is 3.63. The van der Waals surface area contributed by atoms with Crippen LogP contribution in [-0.4, -0.2) is 5.11 Å². The summed E-state index contributed by atoms with van der Waals surface area (Å²) in [7, 11) is 0. The number of aryl methyl sites for hydroxylation is 1. The van der Waals surface area contributed by atoms with Gasteiger partial charge in [0.1, 0.15) is 5.75 Å². The fourth-order valence-electron chi connectivity index (χ4n) is 1.64. The summed E-state index contributed by atoms with van der Waals surface area (Å²) in [6, 6.07) is 15.7. The largest absolute Gasteiger partial charge is 0.508 e. The summed E-state index contributed by atoms with van der Waals surface area (Å²) < 4.78 is 0. The third kappa shape index (κ3) is 3.22. The summed E-state index contributed by atoms with van der Waals surface area (Å²) in [5.74, 6) is 0.300. The van der Waals surface area contributed by atoms with Crippen LogP contribution in [0.3, 0.4) is 0 Å². The Hall–Kier alpha value is -2.02. The number of rotatable bonds is 3. The quantitative estimate of drug-likeness (QED) is 0.777. The Morgan fingerprint density at radius 2 is 1.29 bits per heavy atom. The molecule has 2 rings (SSSR count). The second-order valence-corrected chi connectivity index (χ2v) is 4.02. The van der Waals surface area contributed by atoms with Crippen molar-refractivity contribution in [3.63, 3.8) is 0 Å². The molecule has 0 aliphatic carbocycles.